The van der Waals surface area contributed by atoms with Gasteiger partial charge in [-0.15, -0.1) is 0 Å². The number of aliphatic imine (C=N–C) groups is 2. The molecule has 0 atom stereocenters. The molecule has 4 aromatic carbocycles. The highest BCUT2D eigenvalue weighted by molar-refractivity contribution is 6.41. The quantitative estimate of drug-likeness (QED) is 0.202. The van der Waals surface area contributed by atoms with Crippen LogP contribution in [0.4, 0.5) is 11.4 Å². The van der Waals surface area contributed by atoms with Crippen molar-refractivity contribution in [2.45, 2.75) is 94.9 Å². The zero-order chi connectivity index (χ0) is 30.9. The van der Waals surface area contributed by atoms with E-state index in [1.54, 1.807) is 0 Å². The van der Waals surface area contributed by atoms with Crippen molar-refractivity contribution in [1.82, 2.24) is 0 Å². The Bertz CT molecular complexity index is 1570. The number of aryl methyl sites for hydroxylation is 6. The highest BCUT2D eigenvalue weighted by atomic mass is 14.8. The molecule has 4 rings (SSSR count). The van der Waals surface area contributed by atoms with E-state index in [-0.39, 0.29) is 0 Å². The van der Waals surface area contributed by atoms with Crippen molar-refractivity contribution < 1.29 is 0 Å². The van der Waals surface area contributed by atoms with E-state index in [4.69, 9.17) is 9.98 Å². The maximum atomic E-state index is 5.31. The second-order valence-corrected chi connectivity index (χ2v) is 12.7. The summed E-state index contributed by atoms with van der Waals surface area (Å²) in [6.07, 6.45) is 0. The molecule has 0 N–H and O–H groups in total. The van der Waals surface area contributed by atoms with Crippen LogP contribution in [-0.2, 0) is 0 Å². The fourth-order valence-electron chi connectivity index (χ4n) is 6.17. The first-order valence-corrected chi connectivity index (χ1v) is 15.3. The van der Waals surface area contributed by atoms with Gasteiger partial charge in [-0.2, -0.15) is 0 Å². The van der Waals surface area contributed by atoms with Crippen LogP contribution in [0.2, 0.25) is 0 Å². The second-order valence-electron chi connectivity index (χ2n) is 12.7. The van der Waals surface area contributed by atoms with E-state index in [9.17, 15) is 0 Å². The lowest BCUT2D eigenvalue weighted by Gasteiger charge is -2.20. The molecular weight excluding hydrogens is 508 g/mol. The van der Waals surface area contributed by atoms with Crippen LogP contribution < -0.4 is 0 Å². The second kappa shape index (κ2) is 12.6. The molecule has 0 aliphatic heterocycles. The smallest absolute Gasteiger partial charge is 0.0741 e. The van der Waals surface area contributed by atoms with Crippen LogP contribution in [0, 0.1) is 41.5 Å². The summed E-state index contributed by atoms with van der Waals surface area (Å²) >= 11 is 0. The van der Waals surface area contributed by atoms with Gasteiger partial charge in [0.2, 0.25) is 0 Å². The molecular formula is C40H48N2. The molecule has 0 bridgehead atoms. The third kappa shape index (κ3) is 6.33. The van der Waals surface area contributed by atoms with Crippen molar-refractivity contribution in [3.05, 3.63) is 105 Å². The van der Waals surface area contributed by atoms with Gasteiger partial charge in [-0.1, -0.05) is 87.4 Å². The Labute approximate surface area is 254 Å². The molecule has 0 aliphatic carbocycles. The van der Waals surface area contributed by atoms with Crippen LogP contribution >= 0.6 is 0 Å². The predicted molar refractivity (Wildman–Crippen MR) is 186 cm³/mol. The lowest BCUT2D eigenvalue weighted by Crippen LogP contribution is -2.06. The van der Waals surface area contributed by atoms with Gasteiger partial charge in [-0.25, -0.2) is 0 Å². The highest BCUT2D eigenvalue weighted by Gasteiger charge is 2.19. The van der Waals surface area contributed by atoms with Crippen molar-refractivity contribution in [1.29, 1.82) is 0 Å². The number of nitrogens with zero attached hydrogens (tertiary/aromatic N) is 2. The van der Waals surface area contributed by atoms with Gasteiger partial charge < -0.3 is 0 Å². The molecule has 0 spiro atoms. The first-order chi connectivity index (χ1) is 19.8. The standard InChI is InChI=1S/C40H48N2/c1-23(2)33-17-13-15-27(7)37(33)35-21-25(5)19-29(9)39(35)41-31(11)32(12)42-40-30(10)20-26(6)22-36(40)38-28(8)16-14-18-34(38)24(3)4/h13-24H,1-12H3. The van der Waals surface area contributed by atoms with Crippen LogP contribution in [-0.4, -0.2) is 11.4 Å². The summed E-state index contributed by atoms with van der Waals surface area (Å²) < 4.78 is 0. The summed E-state index contributed by atoms with van der Waals surface area (Å²) in [6.45, 7) is 26.4. The van der Waals surface area contributed by atoms with Crippen molar-refractivity contribution in [2.24, 2.45) is 9.98 Å². The zero-order valence-corrected chi connectivity index (χ0v) is 27.8. The summed E-state index contributed by atoms with van der Waals surface area (Å²) in [6, 6.07) is 22.4. The minimum atomic E-state index is 0.419. The van der Waals surface area contributed by atoms with E-state index in [0.29, 0.717) is 11.8 Å². The van der Waals surface area contributed by atoms with E-state index in [1.165, 1.54) is 66.8 Å². The molecule has 0 saturated carbocycles. The Morgan fingerprint density at radius 2 is 0.857 bits per heavy atom. The van der Waals surface area contributed by atoms with Gasteiger partial charge in [0.05, 0.1) is 22.8 Å². The van der Waals surface area contributed by atoms with Gasteiger partial charge in [0.1, 0.15) is 0 Å². The third-order valence-electron chi connectivity index (χ3n) is 8.37. The Balaban J connectivity index is 1.92. The van der Waals surface area contributed by atoms with Gasteiger partial charge in [0.15, 0.2) is 0 Å². The minimum absolute atomic E-state index is 0.419. The summed E-state index contributed by atoms with van der Waals surface area (Å²) in [5.41, 5.74) is 19.1. The van der Waals surface area contributed by atoms with Gasteiger partial charge in [-0.05, 0) is 124 Å². The average Bonchev–Trinajstić information content (AvgIpc) is 2.90. The Morgan fingerprint density at radius 1 is 0.500 bits per heavy atom. The van der Waals surface area contributed by atoms with Crippen molar-refractivity contribution in [2.75, 3.05) is 0 Å². The molecule has 4 aromatic rings. The Hall–Kier alpha value is -3.78. The van der Waals surface area contributed by atoms with E-state index in [1.807, 2.05) is 0 Å². The van der Waals surface area contributed by atoms with Gasteiger partial charge in [-0.3, -0.25) is 9.98 Å². The summed E-state index contributed by atoms with van der Waals surface area (Å²) in [5.74, 6) is 0.837. The fraction of sp³-hybridized carbons (Fsp3) is 0.350. The highest BCUT2D eigenvalue weighted by Crippen LogP contribution is 2.42. The third-order valence-corrected chi connectivity index (χ3v) is 8.37. The normalized spacial score (nSPS) is 12.5. The molecule has 0 aromatic heterocycles. The van der Waals surface area contributed by atoms with Crippen molar-refractivity contribution in [3.63, 3.8) is 0 Å². The molecule has 0 aliphatic rings. The molecule has 0 amide bonds. The first-order valence-electron chi connectivity index (χ1n) is 15.3. The molecule has 218 valence electrons. The summed E-state index contributed by atoms with van der Waals surface area (Å²) in [4.78, 5) is 10.6. The topological polar surface area (TPSA) is 24.7 Å². The maximum Gasteiger partial charge on any atom is 0.0741 e. The molecule has 0 saturated heterocycles. The van der Waals surface area contributed by atoms with Crippen LogP contribution in [0.25, 0.3) is 22.3 Å². The van der Waals surface area contributed by atoms with E-state index in [0.717, 1.165) is 22.8 Å². The number of rotatable bonds is 7. The molecule has 0 unspecified atom stereocenters. The van der Waals surface area contributed by atoms with Gasteiger partial charge in [0.25, 0.3) is 0 Å². The van der Waals surface area contributed by atoms with Crippen LogP contribution in [0.3, 0.4) is 0 Å². The molecule has 0 fully saturated rings. The number of hydrogen-bond donors (Lipinski definition) is 0. The average molecular weight is 557 g/mol. The monoisotopic (exact) mass is 556 g/mol. The summed E-state index contributed by atoms with van der Waals surface area (Å²) in [5, 5.41) is 0. The molecule has 2 nitrogen and oxygen atoms in total. The lowest BCUT2D eigenvalue weighted by molar-refractivity contribution is 0.867. The summed E-state index contributed by atoms with van der Waals surface area (Å²) in [7, 11) is 0. The van der Waals surface area contributed by atoms with Crippen LogP contribution in [0.5, 0.6) is 0 Å². The fourth-order valence-corrected chi connectivity index (χ4v) is 6.17. The maximum absolute atomic E-state index is 5.31. The predicted octanol–water partition coefficient (Wildman–Crippen LogP) is 12.0. The van der Waals surface area contributed by atoms with Gasteiger partial charge in [0, 0.05) is 11.1 Å². The number of hydrogen-bond acceptors (Lipinski definition) is 2. The molecule has 42 heavy (non-hydrogen) atoms. The first kappa shape index (κ1) is 31.2. The Morgan fingerprint density at radius 3 is 1.19 bits per heavy atom. The molecule has 2 heteroatoms. The Kier molecular flexibility index (Phi) is 9.36. The van der Waals surface area contributed by atoms with Gasteiger partial charge >= 0.3 is 0 Å². The van der Waals surface area contributed by atoms with E-state index >= 15 is 0 Å². The SMILES string of the molecule is CC(=Nc1c(C)cc(C)cc1-c1c(C)cccc1C(C)C)C(C)=Nc1c(C)cc(C)cc1-c1c(C)cccc1C(C)C. The zero-order valence-electron chi connectivity index (χ0n) is 27.8. The van der Waals surface area contributed by atoms with Crippen LogP contribution in [0.1, 0.15) is 97.9 Å². The van der Waals surface area contributed by atoms with E-state index in [2.05, 4.69) is 144 Å². The lowest BCUT2D eigenvalue weighted by atomic mass is 9.87. The number of benzene rings is 4. The minimum Gasteiger partial charge on any atom is -0.251 e. The molecule has 0 heterocycles. The van der Waals surface area contributed by atoms with Crippen molar-refractivity contribution >= 4 is 22.8 Å². The van der Waals surface area contributed by atoms with E-state index < -0.39 is 0 Å². The van der Waals surface area contributed by atoms with Crippen LogP contribution in [0.15, 0.2) is 70.6 Å². The largest absolute Gasteiger partial charge is 0.251 e. The molecule has 0 radical (unpaired) electrons. The van der Waals surface area contributed by atoms with Crippen molar-refractivity contribution in [3.8, 4) is 22.3 Å².